The Morgan fingerprint density at radius 3 is 3.07 bits per heavy atom. The van der Waals surface area contributed by atoms with Gasteiger partial charge in [-0.3, -0.25) is 30.1 Å². The number of H-pyrrole nitrogens is 1. The molecule has 0 aromatic carbocycles. The van der Waals surface area contributed by atoms with Gasteiger partial charge in [0, 0.05) is 17.8 Å². The Labute approximate surface area is 181 Å². The minimum atomic E-state index is -0.284. The monoisotopic (exact) mass is 447 g/mol. The van der Waals surface area contributed by atoms with Crippen LogP contribution in [0, 0.1) is 10.7 Å². The topological polar surface area (TPSA) is 91.8 Å². The summed E-state index contributed by atoms with van der Waals surface area (Å²) in [5.74, 6) is 0.805. The van der Waals surface area contributed by atoms with Crippen LogP contribution in [0.5, 0.6) is 0 Å². The molecule has 3 heterocycles. The molecule has 10 heteroatoms. The zero-order chi connectivity index (χ0) is 20.4. The van der Waals surface area contributed by atoms with Gasteiger partial charge >= 0.3 is 0 Å². The van der Waals surface area contributed by atoms with Crippen molar-refractivity contribution in [2.45, 2.75) is 39.2 Å². The molecule has 2 amide bonds. The van der Waals surface area contributed by atoms with Crippen LogP contribution in [0.25, 0.3) is 10.7 Å². The lowest BCUT2D eigenvalue weighted by atomic mass is 9.90. The van der Waals surface area contributed by atoms with Crippen molar-refractivity contribution in [1.29, 1.82) is 0 Å². The Bertz CT molecular complexity index is 1080. The summed E-state index contributed by atoms with van der Waals surface area (Å²) in [5.41, 5.74) is 6.28. The molecule has 1 aliphatic rings. The zero-order valence-electron chi connectivity index (χ0n) is 15.9. The SMILES string of the molecule is C[C@H]1CCc2sc(C(=O)NNC(=O)CCn3c(-c4cccs4)n[nH]c3=S)cc2C1. The third kappa shape index (κ3) is 4.49. The van der Waals surface area contributed by atoms with Gasteiger partial charge in [0.15, 0.2) is 10.6 Å². The molecular formula is C19H21N5O2S3. The quantitative estimate of drug-likeness (QED) is 0.411. The minimum absolute atomic E-state index is 0.172. The summed E-state index contributed by atoms with van der Waals surface area (Å²) in [6.45, 7) is 2.60. The molecule has 3 aromatic rings. The van der Waals surface area contributed by atoms with Gasteiger partial charge in [-0.25, -0.2) is 0 Å². The van der Waals surface area contributed by atoms with Crippen molar-refractivity contribution in [3.63, 3.8) is 0 Å². The van der Waals surface area contributed by atoms with Crippen molar-refractivity contribution in [3.8, 4) is 10.7 Å². The molecule has 3 aromatic heterocycles. The van der Waals surface area contributed by atoms with E-state index in [9.17, 15) is 9.59 Å². The van der Waals surface area contributed by atoms with E-state index in [1.807, 2.05) is 23.6 Å². The van der Waals surface area contributed by atoms with Crippen LogP contribution < -0.4 is 10.9 Å². The van der Waals surface area contributed by atoms with E-state index in [0.29, 0.717) is 27.9 Å². The highest BCUT2D eigenvalue weighted by Gasteiger charge is 2.21. The van der Waals surface area contributed by atoms with Crippen molar-refractivity contribution in [1.82, 2.24) is 25.6 Å². The van der Waals surface area contributed by atoms with Crippen molar-refractivity contribution >= 4 is 46.7 Å². The molecule has 1 aliphatic carbocycles. The number of thiophene rings is 2. The number of carbonyl (C=O) groups excluding carboxylic acids is 2. The fourth-order valence-corrected chi connectivity index (χ4v) is 5.45. The lowest BCUT2D eigenvalue weighted by Crippen LogP contribution is -2.41. The van der Waals surface area contributed by atoms with Gasteiger partial charge in [-0.15, -0.1) is 22.7 Å². The summed E-state index contributed by atoms with van der Waals surface area (Å²) in [4.78, 5) is 27.5. The van der Waals surface area contributed by atoms with Crippen LogP contribution in [0.3, 0.4) is 0 Å². The largest absolute Gasteiger partial charge is 0.299 e. The number of rotatable bonds is 5. The number of aromatic amines is 1. The number of amides is 2. The van der Waals surface area contributed by atoms with Crippen LogP contribution in [0.2, 0.25) is 0 Å². The van der Waals surface area contributed by atoms with Gasteiger partial charge in [-0.05, 0) is 60.5 Å². The van der Waals surface area contributed by atoms with E-state index in [1.165, 1.54) is 21.8 Å². The zero-order valence-corrected chi connectivity index (χ0v) is 18.3. The molecule has 7 nitrogen and oxygen atoms in total. The van der Waals surface area contributed by atoms with Crippen LogP contribution >= 0.6 is 34.9 Å². The van der Waals surface area contributed by atoms with Crippen LogP contribution in [-0.4, -0.2) is 26.6 Å². The second-order valence-corrected chi connectivity index (χ2v) is 9.61. The highest BCUT2D eigenvalue weighted by molar-refractivity contribution is 7.71. The predicted molar refractivity (Wildman–Crippen MR) is 116 cm³/mol. The molecule has 152 valence electrons. The highest BCUT2D eigenvalue weighted by atomic mass is 32.1. The number of nitrogens with zero attached hydrogens (tertiary/aromatic N) is 2. The Morgan fingerprint density at radius 1 is 1.41 bits per heavy atom. The lowest BCUT2D eigenvalue weighted by molar-refractivity contribution is -0.122. The molecule has 4 rings (SSSR count). The van der Waals surface area contributed by atoms with E-state index < -0.39 is 0 Å². The second kappa shape index (κ2) is 8.60. The van der Waals surface area contributed by atoms with Crippen LogP contribution in [0.15, 0.2) is 23.6 Å². The molecule has 0 saturated carbocycles. The molecule has 0 fully saturated rings. The number of aromatic nitrogens is 3. The van der Waals surface area contributed by atoms with Gasteiger partial charge < -0.3 is 0 Å². The van der Waals surface area contributed by atoms with Gasteiger partial charge in [0.05, 0.1) is 9.75 Å². The first-order valence-corrected chi connectivity index (χ1v) is 11.5. The van der Waals surface area contributed by atoms with Crippen molar-refractivity contribution in [2.75, 3.05) is 0 Å². The maximum Gasteiger partial charge on any atom is 0.279 e. The number of hydrogen-bond acceptors (Lipinski definition) is 6. The number of carbonyl (C=O) groups is 2. The van der Waals surface area contributed by atoms with Gasteiger partial charge in [0.1, 0.15) is 0 Å². The first-order chi connectivity index (χ1) is 14.0. The molecule has 0 bridgehead atoms. The minimum Gasteiger partial charge on any atom is -0.299 e. The van der Waals surface area contributed by atoms with Gasteiger partial charge in [-0.1, -0.05) is 13.0 Å². The van der Waals surface area contributed by atoms with Crippen LogP contribution in [-0.2, 0) is 24.2 Å². The van der Waals surface area contributed by atoms with Crippen molar-refractivity contribution in [3.05, 3.63) is 43.7 Å². The summed E-state index contributed by atoms with van der Waals surface area (Å²) < 4.78 is 2.25. The number of aryl methyl sites for hydroxylation is 1. The second-order valence-electron chi connectivity index (χ2n) is 7.14. The summed E-state index contributed by atoms with van der Waals surface area (Å²) >= 11 is 8.34. The molecule has 0 saturated heterocycles. The number of nitrogens with one attached hydrogen (secondary N) is 3. The van der Waals surface area contributed by atoms with Gasteiger partial charge in [-0.2, -0.15) is 5.10 Å². The van der Waals surface area contributed by atoms with Gasteiger partial charge in [0.2, 0.25) is 5.91 Å². The van der Waals surface area contributed by atoms with Gasteiger partial charge in [0.25, 0.3) is 5.91 Å². The van der Waals surface area contributed by atoms with E-state index >= 15 is 0 Å². The van der Waals surface area contributed by atoms with E-state index in [4.69, 9.17) is 12.2 Å². The molecule has 3 N–H and O–H groups in total. The fraction of sp³-hybridized carbons (Fsp3) is 0.368. The first kappa shape index (κ1) is 20.0. The molecule has 0 radical (unpaired) electrons. The van der Waals surface area contributed by atoms with Crippen molar-refractivity contribution in [2.24, 2.45) is 5.92 Å². The first-order valence-electron chi connectivity index (χ1n) is 9.41. The summed E-state index contributed by atoms with van der Waals surface area (Å²) in [6.07, 6.45) is 3.38. The fourth-order valence-electron chi connectivity index (χ4n) is 3.40. The summed E-state index contributed by atoms with van der Waals surface area (Å²) in [5, 5.41) is 8.97. The molecule has 29 heavy (non-hydrogen) atoms. The maximum atomic E-state index is 12.4. The Kier molecular flexibility index (Phi) is 5.93. The Morgan fingerprint density at radius 2 is 2.28 bits per heavy atom. The molecule has 1 atom stereocenters. The normalized spacial score (nSPS) is 15.7. The Hall–Kier alpha value is -2.30. The van der Waals surface area contributed by atoms with Crippen LogP contribution in [0.4, 0.5) is 0 Å². The smallest absolute Gasteiger partial charge is 0.279 e. The molecule has 0 spiro atoms. The van der Waals surface area contributed by atoms with Crippen molar-refractivity contribution < 1.29 is 9.59 Å². The van der Waals surface area contributed by atoms with Crippen LogP contribution in [0.1, 0.15) is 39.9 Å². The average molecular weight is 448 g/mol. The third-order valence-corrected chi connectivity index (χ3v) is 7.34. The number of hydrogen-bond donors (Lipinski definition) is 3. The Balaban J connectivity index is 1.32. The highest BCUT2D eigenvalue weighted by Crippen LogP contribution is 2.32. The number of hydrazine groups is 1. The van der Waals surface area contributed by atoms with E-state index in [1.54, 1.807) is 15.9 Å². The number of fused-ring (bicyclic) bond motifs is 1. The molecule has 0 aliphatic heterocycles. The maximum absolute atomic E-state index is 12.4. The standard InChI is InChI=1S/C19H21N5O2S3/c1-11-4-5-13-12(9-11)10-15(29-13)18(26)22-20-16(25)6-7-24-17(21-23-19(24)27)14-3-2-8-28-14/h2-3,8,10-11H,4-7,9H2,1H3,(H,20,25)(H,22,26)(H,23,27)/t11-/m0/s1. The summed E-state index contributed by atoms with van der Waals surface area (Å²) in [6, 6.07) is 5.84. The van der Waals surface area contributed by atoms with E-state index in [0.717, 1.165) is 24.1 Å². The average Bonchev–Trinajstić information content (AvgIpc) is 3.43. The van der Waals surface area contributed by atoms with E-state index in [-0.39, 0.29) is 18.2 Å². The molecular weight excluding hydrogens is 426 g/mol. The third-order valence-electron chi connectivity index (χ3n) is 4.93. The molecule has 0 unspecified atom stereocenters. The lowest BCUT2D eigenvalue weighted by Gasteiger charge is -2.16. The van der Waals surface area contributed by atoms with E-state index in [2.05, 4.69) is 28.0 Å². The summed E-state index contributed by atoms with van der Waals surface area (Å²) in [7, 11) is 0. The predicted octanol–water partition coefficient (Wildman–Crippen LogP) is 3.71.